The number of hydrogen-bond acceptors (Lipinski definition) is 8. The van der Waals surface area contributed by atoms with Gasteiger partial charge in [-0.25, -0.2) is 4.98 Å². The Morgan fingerprint density at radius 2 is 2.00 bits per heavy atom. The van der Waals surface area contributed by atoms with Crippen LogP contribution >= 0.6 is 21.9 Å². The van der Waals surface area contributed by atoms with Crippen LogP contribution < -0.4 is 5.32 Å². The summed E-state index contributed by atoms with van der Waals surface area (Å²) in [6.45, 7) is 1.99. The van der Waals surface area contributed by atoms with E-state index in [1.54, 1.807) is 54.9 Å². The number of thiazole rings is 1. The molecule has 1 amide bonds. The van der Waals surface area contributed by atoms with E-state index in [-0.39, 0.29) is 12.3 Å². The highest BCUT2D eigenvalue weighted by atomic mass is 32.3. The second-order valence-electron chi connectivity index (χ2n) is 6.71. The molecule has 1 aromatic carbocycles. The van der Waals surface area contributed by atoms with Gasteiger partial charge in [-0.15, -0.1) is 21.9 Å². The lowest BCUT2D eigenvalue weighted by molar-refractivity contribution is -0.110. The van der Waals surface area contributed by atoms with E-state index < -0.39 is 16.5 Å². The fraction of sp³-hybridized carbons (Fsp3) is 0.143. The van der Waals surface area contributed by atoms with Crippen LogP contribution in [-0.4, -0.2) is 30.7 Å². The van der Waals surface area contributed by atoms with E-state index in [0.717, 1.165) is 4.88 Å². The molecule has 0 saturated heterocycles. The molecule has 1 aliphatic rings. The van der Waals surface area contributed by atoms with Crippen molar-refractivity contribution in [2.45, 2.75) is 24.8 Å². The van der Waals surface area contributed by atoms with Crippen LogP contribution in [0.3, 0.4) is 0 Å². The summed E-state index contributed by atoms with van der Waals surface area (Å²) in [5, 5.41) is 7.22. The number of oxime groups is 1. The number of anilines is 1. The number of hydrogen-bond donors (Lipinski definition) is 3. The van der Waals surface area contributed by atoms with E-state index in [1.165, 1.54) is 11.3 Å². The lowest BCUT2D eigenvalue weighted by Crippen LogP contribution is -2.24. The SMILES string of the molecule is Cc1cnc(NC(=O)C(=NOCc2ccccn2)c2ccc(S(O)(O)C3=CC3)cc2)s1. The van der Waals surface area contributed by atoms with Crippen molar-refractivity contribution < 1.29 is 18.7 Å². The van der Waals surface area contributed by atoms with Crippen LogP contribution in [-0.2, 0) is 16.2 Å². The van der Waals surface area contributed by atoms with Crippen LogP contribution in [0.15, 0.2) is 75.9 Å². The number of nitrogens with zero attached hydrogens (tertiary/aromatic N) is 3. The topological polar surface area (TPSA) is 117 Å². The molecule has 0 aliphatic heterocycles. The maximum absolute atomic E-state index is 12.9. The highest BCUT2D eigenvalue weighted by Crippen LogP contribution is 2.61. The fourth-order valence-electron chi connectivity index (χ4n) is 2.67. The molecule has 0 radical (unpaired) electrons. The van der Waals surface area contributed by atoms with Crippen molar-refractivity contribution >= 4 is 38.7 Å². The number of aromatic nitrogens is 2. The molecule has 3 N–H and O–H groups in total. The van der Waals surface area contributed by atoms with E-state index >= 15 is 0 Å². The van der Waals surface area contributed by atoms with E-state index in [4.69, 9.17) is 4.84 Å². The molecule has 31 heavy (non-hydrogen) atoms. The van der Waals surface area contributed by atoms with Crippen molar-refractivity contribution in [1.29, 1.82) is 0 Å². The van der Waals surface area contributed by atoms with Crippen molar-refractivity contribution in [3.8, 4) is 0 Å². The Bertz CT molecular complexity index is 1140. The van der Waals surface area contributed by atoms with Gasteiger partial charge >= 0.3 is 0 Å². The van der Waals surface area contributed by atoms with Crippen LogP contribution in [0, 0.1) is 6.92 Å². The van der Waals surface area contributed by atoms with E-state index in [0.29, 0.717) is 32.6 Å². The number of nitrogens with one attached hydrogen (secondary N) is 1. The zero-order valence-electron chi connectivity index (χ0n) is 16.6. The third-order valence-corrected chi connectivity index (χ3v) is 7.17. The predicted octanol–water partition coefficient (Wildman–Crippen LogP) is 4.80. The summed E-state index contributed by atoms with van der Waals surface area (Å²) in [7, 11) is -2.95. The first kappa shape index (κ1) is 21.2. The normalized spacial score (nSPS) is 14.0. The number of allylic oxidation sites excluding steroid dienone is 2. The van der Waals surface area contributed by atoms with Crippen LogP contribution in [0.2, 0.25) is 0 Å². The Labute approximate surface area is 184 Å². The first-order valence-corrected chi connectivity index (χ1v) is 11.7. The second-order valence-corrected chi connectivity index (χ2v) is 10.0. The number of pyridine rings is 1. The van der Waals surface area contributed by atoms with Crippen molar-refractivity contribution in [3.63, 3.8) is 0 Å². The number of carbonyl (C=O) groups excluding carboxylic acids is 1. The van der Waals surface area contributed by atoms with Gasteiger partial charge in [0.2, 0.25) is 0 Å². The van der Waals surface area contributed by atoms with Crippen molar-refractivity contribution in [3.05, 3.63) is 82.0 Å². The average Bonchev–Trinajstić information content (AvgIpc) is 3.56. The molecule has 8 nitrogen and oxygen atoms in total. The zero-order chi connectivity index (χ0) is 21.8. The maximum atomic E-state index is 12.9. The standard InChI is InChI=1S/C21H20N4O4S2/c1-14-12-23-21(30-14)24-20(26)19(25-29-13-16-4-2-3-11-22-16)15-5-7-17(8-6-15)31(27,28)18-9-10-18/h2-9,11-12,27-28H,10,13H2,1H3,(H,23,24,26). The van der Waals surface area contributed by atoms with Crippen molar-refractivity contribution in [2.75, 3.05) is 5.32 Å². The fourth-order valence-corrected chi connectivity index (χ4v) is 4.69. The number of benzene rings is 1. The molecule has 0 fully saturated rings. The van der Waals surface area contributed by atoms with Gasteiger partial charge in [0.25, 0.3) is 5.91 Å². The first-order chi connectivity index (χ1) is 14.9. The molecule has 0 atom stereocenters. The van der Waals surface area contributed by atoms with Crippen molar-refractivity contribution in [2.24, 2.45) is 5.16 Å². The smallest absolute Gasteiger partial charge is 0.280 e. The van der Waals surface area contributed by atoms with E-state index in [2.05, 4.69) is 20.4 Å². The lowest BCUT2D eigenvalue weighted by Gasteiger charge is -2.30. The van der Waals surface area contributed by atoms with Gasteiger partial charge < -0.3 is 4.84 Å². The molecule has 4 rings (SSSR count). The van der Waals surface area contributed by atoms with Gasteiger partial charge in [0.15, 0.2) is 17.5 Å². The molecular weight excluding hydrogens is 436 g/mol. The number of aryl methyl sites for hydroxylation is 1. The molecule has 3 aromatic rings. The number of carbonyl (C=O) groups is 1. The zero-order valence-corrected chi connectivity index (χ0v) is 18.2. The molecule has 0 saturated carbocycles. The second kappa shape index (κ2) is 8.98. The molecule has 2 aromatic heterocycles. The first-order valence-electron chi connectivity index (χ1n) is 9.35. The van der Waals surface area contributed by atoms with Gasteiger partial charge in [-0.05, 0) is 31.2 Å². The van der Waals surface area contributed by atoms with Crippen LogP contribution in [0.25, 0.3) is 0 Å². The summed E-state index contributed by atoms with van der Waals surface area (Å²) in [6, 6.07) is 11.8. The van der Waals surface area contributed by atoms with E-state index in [1.807, 2.05) is 13.0 Å². The average molecular weight is 457 g/mol. The molecule has 160 valence electrons. The van der Waals surface area contributed by atoms with Crippen molar-refractivity contribution in [1.82, 2.24) is 9.97 Å². The van der Waals surface area contributed by atoms with Crippen LogP contribution in [0.4, 0.5) is 5.13 Å². The highest BCUT2D eigenvalue weighted by Gasteiger charge is 2.27. The van der Waals surface area contributed by atoms with Crippen LogP contribution in [0.1, 0.15) is 22.6 Å². The number of rotatable bonds is 8. The summed E-state index contributed by atoms with van der Waals surface area (Å²) in [5.41, 5.74) is 1.18. The Morgan fingerprint density at radius 3 is 2.61 bits per heavy atom. The molecule has 10 heteroatoms. The summed E-state index contributed by atoms with van der Waals surface area (Å²) in [5.74, 6) is -0.486. The molecule has 2 heterocycles. The lowest BCUT2D eigenvalue weighted by atomic mass is 10.1. The highest BCUT2D eigenvalue weighted by molar-refractivity contribution is 8.27. The largest absolute Gasteiger partial charge is 0.389 e. The monoisotopic (exact) mass is 456 g/mol. The quantitative estimate of drug-likeness (QED) is 0.331. The van der Waals surface area contributed by atoms with Gasteiger partial charge in [-0.2, -0.15) is 0 Å². The Hall–Kier alpha value is -3.05. The number of amides is 1. The summed E-state index contributed by atoms with van der Waals surface area (Å²) in [4.78, 5) is 28.6. The molecule has 0 unspecified atom stereocenters. The summed E-state index contributed by atoms with van der Waals surface area (Å²) in [6.07, 6.45) is 5.70. The molecule has 0 bridgehead atoms. The third-order valence-electron chi connectivity index (χ3n) is 4.34. The predicted molar refractivity (Wildman–Crippen MR) is 121 cm³/mol. The third kappa shape index (κ3) is 5.17. The Kier molecular flexibility index (Phi) is 6.14. The van der Waals surface area contributed by atoms with Gasteiger partial charge in [0.05, 0.1) is 10.6 Å². The van der Waals surface area contributed by atoms with Gasteiger partial charge in [0, 0.05) is 34.2 Å². The summed E-state index contributed by atoms with van der Waals surface area (Å²) >= 11 is 1.35. The maximum Gasteiger partial charge on any atom is 0.280 e. The van der Waals surface area contributed by atoms with E-state index in [9.17, 15) is 13.9 Å². The summed E-state index contributed by atoms with van der Waals surface area (Å²) < 4.78 is 20.7. The molecular formula is C21H20N4O4S2. The van der Waals surface area contributed by atoms with Crippen LogP contribution in [0.5, 0.6) is 0 Å². The minimum Gasteiger partial charge on any atom is -0.389 e. The minimum absolute atomic E-state index is 0.0393. The van der Waals surface area contributed by atoms with Gasteiger partial charge in [-0.3, -0.25) is 24.2 Å². The van der Waals surface area contributed by atoms with Gasteiger partial charge in [0.1, 0.15) is 0 Å². The Balaban J connectivity index is 1.57. The van der Waals surface area contributed by atoms with Gasteiger partial charge in [-0.1, -0.05) is 29.4 Å². The molecule has 0 spiro atoms. The Morgan fingerprint density at radius 1 is 1.23 bits per heavy atom. The molecule has 1 aliphatic carbocycles. The minimum atomic E-state index is -2.95.